The van der Waals surface area contributed by atoms with Crippen molar-refractivity contribution >= 4 is 11.8 Å². The lowest BCUT2D eigenvalue weighted by molar-refractivity contribution is -0.141. The molecule has 96 valence electrons. The first-order valence-corrected chi connectivity index (χ1v) is 6.18. The summed E-state index contributed by atoms with van der Waals surface area (Å²) in [5, 5.41) is 5.34. The second-order valence-corrected chi connectivity index (χ2v) is 5.01. The average molecular weight is 246 g/mol. The predicted octanol–water partition coefficient (Wildman–Crippen LogP) is 1.41. The fourth-order valence-electron chi connectivity index (χ4n) is 2.13. The van der Waals surface area contributed by atoms with Crippen LogP contribution in [-0.2, 0) is 9.59 Å². The molecule has 0 aromatic heterocycles. The van der Waals surface area contributed by atoms with E-state index in [1.807, 2.05) is 6.92 Å². The van der Waals surface area contributed by atoms with Crippen LogP contribution in [0.25, 0.3) is 0 Å². The highest BCUT2D eigenvalue weighted by Crippen LogP contribution is 2.24. The first-order valence-electron chi connectivity index (χ1n) is 6.18. The lowest BCUT2D eigenvalue weighted by atomic mass is 9.93. The summed E-state index contributed by atoms with van der Waals surface area (Å²) >= 11 is 0. The Kier molecular flexibility index (Phi) is 3.36. The number of benzene rings is 1. The van der Waals surface area contributed by atoms with E-state index >= 15 is 0 Å². The van der Waals surface area contributed by atoms with Crippen molar-refractivity contribution in [3.63, 3.8) is 0 Å². The van der Waals surface area contributed by atoms with E-state index < -0.39 is 11.8 Å². The van der Waals surface area contributed by atoms with Gasteiger partial charge in [-0.1, -0.05) is 32.0 Å². The number of amides is 2. The van der Waals surface area contributed by atoms with Crippen molar-refractivity contribution in [3.8, 4) is 0 Å². The first-order chi connectivity index (χ1) is 8.49. The summed E-state index contributed by atoms with van der Waals surface area (Å²) in [6.07, 6.45) is 0. The maximum Gasteiger partial charge on any atom is 0.309 e. The normalized spacial score (nSPS) is 19.7. The van der Waals surface area contributed by atoms with Crippen LogP contribution in [0.2, 0.25) is 0 Å². The zero-order chi connectivity index (χ0) is 13.3. The van der Waals surface area contributed by atoms with Gasteiger partial charge in [-0.25, -0.2) is 0 Å². The highest BCUT2D eigenvalue weighted by molar-refractivity contribution is 6.35. The molecule has 18 heavy (non-hydrogen) atoms. The van der Waals surface area contributed by atoms with Crippen LogP contribution in [0.1, 0.15) is 42.5 Å². The van der Waals surface area contributed by atoms with Gasteiger partial charge in [-0.05, 0) is 29.5 Å². The van der Waals surface area contributed by atoms with E-state index in [1.54, 1.807) is 0 Å². The zero-order valence-corrected chi connectivity index (χ0v) is 10.9. The molecule has 1 fully saturated rings. The molecule has 1 aliphatic heterocycles. The van der Waals surface area contributed by atoms with E-state index in [9.17, 15) is 9.59 Å². The van der Waals surface area contributed by atoms with Crippen LogP contribution in [0.5, 0.6) is 0 Å². The van der Waals surface area contributed by atoms with E-state index in [1.165, 1.54) is 5.56 Å². The molecule has 0 bridgehead atoms. The molecule has 1 aromatic carbocycles. The fourth-order valence-corrected chi connectivity index (χ4v) is 2.13. The molecule has 1 aromatic rings. The fraction of sp³-hybridized carbons (Fsp3) is 0.429. The third kappa shape index (κ3) is 2.37. The van der Waals surface area contributed by atoms with Gasteiger partial charge in [-0.2, -0.15) is 0 Å². The van der Waals surface area contributed by atoms with E-state index in [4.69, 9.17) is 0 Å². The quantitative estimate of drug-likeness (QED) is 0.775. The van der Waals surface area contributed by atoms with Gasteiger partial charge in [-0.3, -0.25) is 9.59 Å². The van der Waals surface area contributed by atoms with Crippen LogP contribution < -0.4 is 10.6 Å². The van der Waals surface area contributed by atoms with Crippen molar-refractivity contribution in [1.82, 2.24) is 10.6 Å². The van der Waals surface area contributed by atoms with Gasteiger partial charge in [0.15, 0.2) is 0 Å². The minimum Gasteiger partial charge on any atom is -0.345 e. The van der Waals surface area contributed by atoms with Crippen molar-refractivity contribution in [2.45, 2.75) is 32.7 Å². The van der Waals surface area contributed by atoms with Crippen LogP contribution in [0.15, 0.2) is 18.2 Å². The standard InChI is InChI=1S/C14H18N2O2/c1-8(2)10-5-4-9(3)11(6-10)12-7-15-13(17)14(18)16-12/h4-6,8,12H,7H2,1-3H3,(H,15,17)(H,16,18). The van der Waals surface area contributed by atoms with Gasteiger partial charge in [0.2, 0.25) is 0 Å². The Balaban J connectivity index is 2.30. The molecular weight excluding hydrogens is 228 g/mol. The van der Waals surface area contributed by atoms with Crippen molar-refractivity contribution in [3.05, 3.63) is 34.9 Å². The number of carbonyl (C=O) groups is 2. The molecule has 2 rings (SSSR count). The average Bonchev–Trinajstić information content (AvgIpc) is 2.33. The van der Waals surface area contributed by atoms with Gasteiger partial charge in [-0.15, -0.1) is 0 Å². The van der Waals surface area contributed by atoms with Crippen LogP contribution in [0.3, 0.4) is 0 Å². The SMILES string of the molecule is Cc1ccc(C(C)C)cc1C1CNC(=O)C(=O)N1. The molecular formula is C14H18N2O2. The summed E-state index contributed by atoms with van der Waals surface area (Å²) in [4.78, 5) is 22.5. The summed E-state index contributed by atoms with van der Waals surface area (Å²) < 4.78 is 0. The Morgan fingerprint density at radius 2 is 1.94 bits per heavy atom. The summed E-state index contributed by atoms with van der Waals surface area (Å²) in [5.41, 5.74) is 3.44. The van der Waals surface area contributed by atoms with Gasteiger partial charge in [0.05, 0.1) is 6.04 Å². The topological polar surface area (TPSA) is 58.2 Å². The molecule has 1 atom stereocenters. The van der Waals surface area contributed by atoms with Crippen molar-refractivity contribution in [2.75, 3.05) is 6.54 Å². The van der Waals surface area contributed by atoms with Gasteiger partial charge in [0, 0.05) is 6.54 Å². The minimum absolute atomic E-state index is 0.131. The molecule has 4 nitrogen and oxygen atoms in total. The van der Waals surface area contributed by atoms with Crippen LogP contribution in [0.4, 0.5) is 0 Å². The Labute approximate surface area is 107 Å². The smallest absolute Gasteiger partial charge is 0.309 e. The highest BCUT2D eigenvalue weighted by Gasteiger charge is 2.26. The number of carbonyl (C=O) groups excluding carboxylic acids is 2. The van der Waals surface area contributed by atoms with E-state index in [0.717, 1.165) is 11.1 Å². The molecule has 2 N–H and O–H groups in total. The summed E-state index contributed by atoms with van der Waals surface area (Å²) in [6, 6.07) is 6.15. The molecule has 0 saturated carbocycles. The summed E-state index contributed by atoms with van der Waals surface area (Å²) in [5.74, 6) is -0.664. The molecule has 1 saturated heterocycles. The van der Waals surface area contributed by atoms with Crippen molar-refractivity contribution in [1.29, 1.82) is 0 Å². The largest absolute Gasteiger partial charge is 0.345 e. The summed E-state index contributed by atoms with van der Waals surface area (Å²) in [7, 11) is 0. The van der Waals surface area contributed by atoms with Gasteiger partial charge in [0.1, 0.15) is 0 Å². The Bertz CT molecular complexity index is 495. The van der Waals surface area contributed by atoms with Gasteiger partial charge < -0.3 is 10.6 Å². The number of aryl methyl sites for hydroxylation is 1. The third-order valence-corrected chi connectivity index (χ3v) is 3.32. The Morgan fingerprint density at radius 1 is 1.22 bits per heavy atom. The maximum absolute atomic E-state index is 11.4. The molecule has 2 amide bonds. The Hall–Kier alpha value is -1.84. The Morgan fingerprint density at radius 3 is 2.56 bits per heavy atom. The van der Waals surface area contributed by atoms with Gasteiger partial charge >= 0.3 is 11.8 Å². The molecule has 1 heterocycles. The third-order valence-electron chi connectivity index (χ3n) is 3.32. The van der Waals surface area contributed by atoms with Crippen molar-refractivity contribution < 1.29 is 9.59 Å². The highest BCUT2D eigenvalue weighted by atomic mass is 16.2. The van der Waals surface area contributed by atoms with E-state index in [0.29, 0.717) is 12.5 Å². The molecule has 4 heteroatoms. The molecule has 0 radical (unpaired) electrons. The van der Waals surface area contributed by atoms with E-state index in [-0.39, 0.29) is 6.04 Å². The number of hydrogen-bond acceptors (Lipinski definition) is 2. The second kappa shape index (κ2) is 4.80. The second-order valence-electron chi connectivity index (χ2n) is 5.01. The molecule has 0 spiro atoms. The first kappa shape index (κ1) is 12.6. The maximum atomic E-state index is 11.4. The lowest BCUT2D eigenvalue weighted by Crippen LogP contribution is -2.51. The number of hydrogen-bond donors (Lipinski definition) is 2. The number of rotatable bonds is 2. The van der Waals surface area contributed by atoms with Crippen LogP contribution in [-0.4, -0.2) is 18.4 Å². The lowest BCUT2D eigenvalue weighted by Gasteiger charge is -2.26. The van der Waals surface area contributed by atoms with Crippen LogP contribution >= 0.6 is 0 Å². The predicted molar refractivity (Wildman–Crippen MR) is 69.2 cm³/mol. The molecule has 1 aliphatic rings. The monoisotopic (exact) mass is 246 g/mol. The van der Waals surface area contributed by atoms with Crippen LogP contribution in [0, 0.1) is 6.92 Å². The molecule has 1 unspecified atom stereocenters. The number of piperazine rings is 1. The summed E-state index contributed by atoms with van der Waals surface area (Å²) in [6.45, 7) is 6.74. The van der Waals surface area contributed by atoms with Gasteiger partial charge in [0.25, 0.3) is 0 Å². The van der Waals surface area contributed by atoms with E-state index in [2.05, 4.69) is 42.7 Å². The number of nitrogens with one attached hydrogen (secondary N) is 2. The zero-order valence-electron chi connectivity index (χ0n) is 10.9. The van der Waals surface area contributed by atoms with Crippen molar-refractivity contribution in [2.24, 2.45) is 0 Å². The molecule has 0 aliphatic carbocycles. The minimum atomic E-state index is -0.555.